The van der Waals surface area contributed by atoms with Gasteiger partial charge in [-0.15, -0.1) is 0 Å². The smallest absolute Gasteiger partial charge is 0.161 e. The van der Waals surface area contributed by atoms with Gasteiger partial charge in [0.25, 0.3) is 0 Å². The van der Waals surface area contributed by atoms with Crippen molar-refractivity contribution in [3.05, 3.63) is 53.6 Å². The summed E-state index contributed by atoms with van der Waals surface area (Å²) in [5.41, 5.74) is 1.75. The maximum absolute atomic E-state index is 9.68. The second-order valence-corrected chi connectivity index (χ2v) is 4.01. The Morgan fingerprint density at radius 2 is 1.63 bits per heavy atom. The fourth-order valence-electron chi connectivity index (χ4n) is 1.77. The van der Waals surface area contributed by atoms with Gasteiger partial charge in [-0.1, -0.05) is 36.4 Å². The van der Waals surface area contributed by atoms with Gasteiger partial charge in [0.15, 0.2) is 11.5 Å². The summed E-state index contributed by atoms with van der Waals surface area (Å²) in [4.78, 5) is 0. The maximum atomic E-state index is 9.68. The maximum Gasteiger partial charge on any atom is 0.161 e. The number of methoxy groups -OCH3 is 2. The number of para-hydroxylation sites is 1. The van der Waals surface area contributed by atoms with Gasteiger partial charge in [-0.2, -0.15) is 0 Å². The quantitative estimate of drug-likeness (QED) is 0.850. The number of phenols is 1. The number of hydrogen-bond acceptors (Lipinski definition) is 3. The van der Waals surface area contributed by atoms with E-state index >= 15 is 0 Å². The molecule has 0 radical (unpaired) electrons. The van der Waals surface area contributed by atoms with Crippen molar-refractivity contribution >= 4 is 12.2 Å². The lowest BCUT2D eigenvalue weighted by Crippen LogP contribution is -1.90. The lowest BCUT2D eigenvalue weighted by molar-refractivity contribution is 0.355. The third kappa shape index (κ3) is 3.07. The van der Waals surface area contributed by atoms with Crippen LogP contribution in [0.15, 0.2) is 42.5 Å². The molecule has 0 aliphatic rings. The van der Waals surface area contributed by atoms with E-state index in [1.54, 1.807) is 26.4 Å². The summed E-state index contributed by atoms with van der Waals surface area (Å²) in [6.07, 6.45) is 3.77. The fourth-order valence-corrected chi connectivity index (χ4v) is 1.77. The van der Waals surface area contributed by atoms with Gasteiger partial charge >= 0.3 is 0 Å². The minimum atomic E-state index is 0.263. The van der Waals surface area contributed by atoms with Crippen molar-refractivity contribution in [2.24, 2.45) is 0 Å². The van der Waals surface area contributed by atoms with E-state index < -0.39 is 0 Å². The van der Waals surface area contributed by atoms with E-state index in [1.807, 2.05) is 42.5 Å². The van der Waals surface area contributed by atoms with Crippen LogP contribution in [0.5, 0.6) is 17.2 Å². The van der Waals surface area contributed by atoms with E-state index in [-0.39, 0.29) is 5.75 Å². The highest BCUT2D eigenvalue weighted by atomic mass is 16.5. The molecule has 0 atom stereocenters. The Kier molecular flexibility index (Phi) is 4.08. The predicted molar refractivity (Wildman–Crippen MR) is 76.6 cm³/mol. The Morgan fingerprint density at radius 3 is 2.32 bits per heavy atom. The topological polar surface area (TPSA) is 38.7 Å². The number of rotatable bonds is 4. The van der Waals surface area contributed by atoms with Crippen LogP contribution in [0.1, 0.15) is 11.1 Å². The van der Waals surface area contributed by atoms with E-state index in [4.69, 9.17) is 9.47 Å². The first-order valence-corrected chi connectivity index (χ1v) is 5.92. The average molecular weight is 256 g/mol. The molecule has 0 aliphatic carbocycles. The normalized spacial score (nSPS) is 10.6. The van der Waals surface area contributed by atoms with Crippen molar-refractivity contribution in [1.29, 1.82) is 0 Å². The molecule has 0 saturated heterocycles. The number of benzene rings is 2. The zero-order chi connectivity index (χ0) is 13.7. The molecule has 19 heavy (non-hydrogen) atoms. The molecule has 0 fully saturated rings. The second kappa shape index (κ2) is 5.96. The van der Waals surface area contributed by atoms with Gasteiger partial charge in [-0.3, -0.25) is 0 Å². The van der Waals surface area contributed by atoms with Crippen molar-refractivity contribution in [2.45, 2.75) is 0 Å². The molecule has 0 unspecified atom stereocenters. The molecule has 2 aromatic rings. The summed E-state index contributed by atoms with van der Waals surface area (Å²) >= 11 is 0. The largest absolute Gasteiger partial charge is 0.507 e. The summed E-state index contributed by atoms with van der Waals surface area (Å²) in [7, 11) is 3.21. The third-order valence-corrected chi connectivity index (χ3v) is 2.80. The summed E-state index contributed by atoms with van der Waals surface area (Å²) < 4.78 is 10.4. The molecule has 0 spiro atoms. The van der Waals surface area contributed by atoms with Crippen LogP contribution in [0.25, 0.3) is 12.2 Å². The number of hydrogen-bond donors (Lipinski definition) is 1. The predicted octanol–water partition coefficient (Wildman–Crippen LogP) is 3.58. The molecule has 2 rings (SSSR count). The van der Waals surface area contributed by atoms with Gasteiger partial charge in [-0.05, 0) is 23.8 Å². The van der Waals surface area contributed by atoms with Crippen LogP contribution in [-0.4, -0.2) is 19.3 Å². The SMILES string of the molecule is COc1ccc(/C=C/c2ccccc2O)cc1OC. The van der Waals surface area contributed by atoms with Crippen LogP contribution >= 0.6 is 0 Å². The summed E-state index contributed by atoms with van der Waals surface area (Å²) in [5.74, 6) is 1.64. The van der Waals surface area contributed by atoms with Crippen molar-refractivity contribution in [3.63, 3.8) is 0 Å². The van der Waals surface area contributed by atoms with Gasteiger partial charge in [0.1, 0.15) is 5.75 Å². The highest BCUT2D eigenvalue weighted by Gasteiger charge is 2.02. The van der Waals surface area contributed by atoms with E-state index in [9.17, 15) is 5.11 Å². The van der Waals surface area contributed by atoms with Crippen LogP contribution in [0.4, 0.5) is 0 Å². The molecule has 0 aromatic heterocycles. The minimum absolute atomic E-state index is 0.263. The van der Waals surface area contributed by atoms with E-state index in [1.165, 1.54) is 0 Å². The van der Waals surface area contributed by atoms with Gasteiger partial charge in [0.2, 0.25) is 0 Å². The number of ether oxygens (including phenoxy) is 2. The summed E-state index contributed by atoms with van der Waals surface area (Å²) in [5, 5.41) is 9.68. The van der Waals surface area contributed by atoms with Gasteiger partial charge in [0.05, 0.1) is 14.2 Å². The Hall–Kier alpha value is -2.42. The molecular weight excluding hydrogens is 240 g/mol. The standard InChI is InChI=1S/C16H16O3/c1-18-15-10-8-12(11-16(15)19-2)7-9-13-5-3-4-6-14(13)17/h3-11,17H,1-2H3/b9-7+. The number of aromatic hydroxyl groups is 1. The molecule has 2 aromatic carbocycles. The molecule has 3 nitrogen and oxygen atoms in total. The summed E-state index contributed by atoms with van der Waals surface area (Å²) in [6.45, 7) is 0. The molecule has 0 aliphatic heterocycles. The van der Waals surface area contributed by atoms with Gasteiger partial charge in [0, 0.05) is 5.56 Å². The molecule has 98 valence electrons. The van der Waals surface area contributed by atoms with Gasteiger partial charge in [-0.25, -0.2) is 0 Å². The number of phenolic OH excluding ortho intramolecular Hbond substituents is 1. The Morgan fingerprint density at radius 1 is 0.895 bits per heavy atom. The van der Waals surface area contributed by atoms with Crippen molar-refractivity contribution in [1.82, 2.24) is 0 Å². The third-order valence-electron chi connectivity index (χ3n) is 2.80. The van der Waals surface area contributed by atoms with Crippen LogP contribution in [0.3, 0.4) is 0 Å². The van der Waals surface area contributed by atoms with E-state index in [0.29, 0.717) is 11.5 Å². The Balaban J connectivity index is 2.26. The first kappa shape index (κ1) is 13.0. The van der Waals surface area contributed by atoms with Crippen LogP contribution in [0.2, 0.25) is 0 Å². The highest BCUT2D eigenvalue weighted by Crippen LogP contribution is 2.28. The Bertz CT molecular complexity index is 588. The van der Waals surface area contributed by atoms with Crippen LogP contribution < -0.4 is 9.47 Å². The molecule has 0 bridgehead atoms. The minimum Gasteiger partial charge on any atom is -0.507 e. The lowest BCUT2D eigenvalue weighted by atomic mass is 10.1. The fraction of sp³-hybridized carbons (Fsp3) is 0.125. The van der Waals surface area contributed by atoms with Gasteiger partial charge < -0.3 is 14.6 Å². The first-order valence-electron chi connectivity index (χ1n) is 5.92. The molecular formula is C16H16O3. The zero-order valence-electron chi connectivity index (χ0n) is 11.0. The monoisotopic (exact) mass is 256 g/mol. The Labute approximate surface area is 112 Å². The highest BCUT2D eigenvalue weighted by molar-refractivity contribution is 5.73. The molecule has 0 heterocycles. The van der Waals surface area contributed by atoms with Crippen molar-refractivity contribution in [2.75, 3.05) is 14.2 Å². The lowest BCUT2D eigenvalue weighted by Gasteiger charge is -2.07. The second-order valence-electron chi connectivity index (χ2n) is 4.01. The first-order chi connectivity index (χ1) is 9.24. The molecule has 3 heteroatoms. The van der Waals surface area contributed by atoms with Crippen molar-refractivity contribution in [3.8, 4) is 17.2 Å². The molecule has 1 N–H and O–H groups in total. The van der Waals surface area contributed by atoms with Crippen LogP contribution in [0, 0.1) is 0 Å². The molecule has 0 amide bonds. The van der Waals surface area contributed by atoms with E-state index in [0.717, 1.165) is 11.1 Å². The van der Waals surface area contributed by atoms with Crippen LogP contribution in [-0.2, 0) is 0 Å². The average Bonchev–Trinajstić information content (AvgIpc) is 2.46. The molecule has 0 saturated carbocycles. The summed E-state index contributed by atoms with van der Waals surface area (Å²) in [6, 6.07) is 12.9. The van der Waals surface area contributed by atoms with E-state index in [2.05, 4.69) is 0 Å². The van der Waals surface area contributed by atoms with Crippen molar-refractivity contribution < 1.29 is 14.6 Å². The zero-order valence-corrected chi connectivity index (χ0v) is 11.0.